The van der Waals surface area contributed by atoms with E-state index in [1.54, 1.807) is 12.4 Å². The van der Waals surface area contributed by atoms with Crippen molar-refractivity contribution in [3.05, 3.63) is 94.8 Å². The van der Waals surface area contributed by atoms with Crippen molar-refractivity contribution in [2.24, 2.45) is 0 Å². The monoisotopic (exact) mass is 434 g/mol. The normalized spacial score (nSPS) is 15.2. The highest BCUT2D eigenvalue weighted by atomic mass is 15.5. The fourth-order valence-electron chi connectivity index (χ4n) is 5.23. The molecule has 4 heteroatoms. The van der Waals surface area contributed by atoms with Gasteiger partial charge in [-0.25, -0.2) is 9.97 Å². The fourth-order valence-corrected chi connectivity index (χ4v) is 5.23. The predicted octanol–water partition coefficient (Wildman–Crippen LogP) is 7.32. The summed E-state index contributed by atoms with van der Waals surface area (Å²) in [6.45, 7) is 13.1. The molecule has 4 nitrogen and oxygen atoms in total. The second-order valence-electron chi connectivity index (χ2n) is 9.19. The second-order valence-corrected chi connectivity index (χ2v) is 9.19. The molecular formula is C29H30N4. The van der Waals surface area contributed by atoms with E-state index in [2.05, 4.69) is 106 Å². The molecular weight excluding hydrogens is 404 g/mol. The van der Waals surface area contributed by atoms with E-state index in [0.29, 0.717) is 0 Å². The van der Waals surface area contributed by atoms with Gasteiger partial charge in [0.15, 0.2) is 11.6 Å². The summed E-state index contributed by atoms with van der Waals surface area (Å²) in [4.78, 5) is 14.1. The zero-order valence-electron chi connectivity index (χ0n) is 20.2. The Bertz CT molecular complexity index is 1320. The van der Waals surface area contributed by atoms with E-state index < -0.39 is 0 Å². The molecule has 0 saturated carbocycles. The van der Waals surface area contributed by atoms with Crippen LogP contribution in [-0.2, 0) is 0 Å². The number of rotatable bonds is 3. The van der Waals surface area contributed by atoms with Gasteiger partial charge in [-0.1, -0.05) is 30.3 Å². The maximum Gasteiger partial charge on any atom is 0.178 e. The van der Waals surface area contributed by atoms with Crippen molar-refractivity contribution in [2.45, 2.75) is 47.7 Å². The average Bonchev–Trinajstić information content (AvgIpc) is 3.05. The molecule has 4 aromatic rings. The van der Waals surface area contributed by atoms with Crippen LogP contribution in [0.25, 0.3) is 11.1 Å². The number of hydrogen-bond donors (Lipinski definition) is 0. The first-order valence-corrected chi connectivity index (χ1v) is 11.5. The maximum absolute atomic E-state index is 4.76. The van der Waals surface area contributed by atoms with Crippen molar-refractivity contribution in [1.29, 1.82) is 0 Å². The van der Waals surface area contributed by atoms with Gasteiger partial charge in [0.05, 0.1) is 0 Å². The van der Waals surface area contributed by atoms with Gasteiger partial charge in [0.1, 0.15) is 6.17 Å². The van der Waals surface area contributed by atoms with Crippen LogP contribution in [0, 0.1) is 34.6 Å². The van der Waals surface area contributed by atoms with E-state index in [1.165, 1.54) is 38.9 Å². The molecule has 1 aromatic heterocycles. The average molecular weight is 435 g/mol. The molecule has 33 heavy (non-hydrogen) atoms. The Balaban J connectivity index is 1.61. The van der Waals surface area contributed by atoms with E-state index in [4.69, 9.17) is 9.97 Å². The minimum atomic E-state index is 0.0494. The summed E-state index contributed by atoms with van der Waals surface area (Å²) < 4.78 is 0. The third-order valence-electron chi connectivity index (χ3n) is 6.57. The van der Waals surface area contributed by atoms with Gasteiger partial charge in [-0.3, -0.25) is 0 Å². The Hall–Kier alpha value is -3.66. The third-order valence-corrected chi connectivity index (χ3v) is 6.57. The number of anilines is 4. The molecule has 1 aliphatic rings. The molecule has 0 saturated heterocycles. The largest absolute Gasteiger partial charge is 0.302 e. The molecule has 1 atom stereocenters. The van der Waals surface area contributed by atoms with Crippen molar-refractivity contribution in [3.63, 3.8) is 0 Å². The van der Waals surface area contributed by atoms with Crippen molar-refractivity contribution < 1.29 is 0 Å². The first-order chi connectivity index (χ1) is 15.8. The number of nitrogens with zero attached hydrogens (tertiary/aromatic N) is 4. The highest BCUT2D eigenvalue weighted by Gasteiger charge is 2.38. The summed E-state index contributed by atoms with van der Waals surface area (Å²) in [6.07, 6.45) is 3.61. The van der Waals surface area contributed by atoms with Crippen molar-refractivity contribution in [3.8, 4) is 11.1 Å². The van der Waals surface area contributed by atoms with Gasteiger partial charge in [0, 0.05) is 23.8 Å². The van der Waals surface area contributed by atoms with Crippen LogP contribution in [0.15, 0.2) is 67.0 Å². The fraction of sp³-hybridized carbons (Fsp3) is 0.241. The van der Waals surface area contributed by atoms with Gasteiger partial charge in [-0.05, 0) is 105 Å². The molecule has 1 unspecified atom stereocenters. The molecule has 0 N–H and O–H groups in total. The van der Waals surface area contributed by atoms with Crippen LogP contribution in [0.1, 0.15) is 34.7 Å². The molecule has 0 radical (unpaired) electrons. The van der Waals surface area contributed by atoms with Crippen LogP contribution in [0.3, 0.4) is 0 Å². The van der Waals surface area contributed by atoms with Gasteiger partial charge in [0.2, 0.25) is 0 Å². The smallest absolute Gasteiger partial charge is 0.178 e. The minimum absolute atomic E-state index is 0.0494. The van der Waals surface area contributed by atoms with E-state index in [9.17, 15) is 0 Å². The molecule has 0 spiro atoms. The summed E-state index contributed by atoms with van der Waals surface area (Å²) in [6, 6.07) is 19.9. The van der Waals surface area contributed by atoms with Gasteiger partial charge in [-0.2, -0.15) is 0 Å². The summed E-state index contributed by atoms with van der Waals surface area (Å²) in [7, 11) is 0. The minimum Gasteiger partial charge on any atom is -0.302 e. The van der Waals surface area contributed by atoms with Crippen molar-refractivity contribution in [1.82, 2.24) is 9.97 Å². The topological polar surface area (TPSA) is 32.3 Å². The van der Waals surface area contributed by atoms with E-state index in [0.717, 1.165) is 23.0 Å². The second kappa shape index (κ2) is 8.04. The summed E-state index contributed by atoms with van der Waals surface area (Å²) in [5, 5.41) is 0. The SMILES string of the molecule is Cc1cc(C)cc(N2c3nccnc3N(c3ccc(-c4c(C)cccc4C)cc3C)C2C)c1. The lowest BCUT2D eigenvalue weighted by Gasteiger charge is -2.30. The van der Waals surface area contributed by atoms with Crippen LogP contribution < -0.4 is 9.80 Å². The first kappa shape index (κ1) is 21.2. The summed E-state index contributed by atoms with van der Waals surface area (Å²) in [5.41, 5.74) is 11.2. The molecule has 0 fully saturated rings. The summed E-state index contributed by atoms with van der Waals surface area (Å²) >= 11 is 0. The number of benzene rings is 3. The Morgan fingerprint density at radius 3 is 1.88 bits per heavy atom. The van der Waals surface area contributed by atoms with E-state index in [1.807, 2.05) is 0 Å². The molecule has 5 rings (SSSR count). The van der Waals surface area contributed by atoms with Gasteiger partial charge in [-0.15, -0.1) is 0 Å². The quantitative estimate of drug-likeness (QED) is 0.338. The molecule has 2 heterocycles. The molecule has 3 aromatic carbocycles. The lowest BCUT2D eigenvalue weighted by Crippen LogP contribution is -2.36. The van der Waals surface area contributed by atoms with Gasteiger partial charge >= 0.3 is 0 Å². The van der Waals surface area contributed by atoms with Crippen molar-refractivity contribution in [2.75, 3.05) is 9.80 Å². The lowest BCUT2D eigenvalue weighted by atomic mass is 9.94. The number of hydrogen-bond acceptors (Lipinski definition) is 4. The molecule has 0 aliphatic carbocycles. The Labute approximate surface area is 196 Å². The van der Waals surface area contributed by atoms with E-state index >= 15 is 0 Å². The summed E-state index contributed by atoms with van der Waals surface area (Å²) in [5.74, 6) is 1.79. The number of aromatic nitrogens is 2. The van der Waals surface area contributed by atoms with Crippen LogP contribution in [0.2, 0.25) is 0 Å². The van der Waals surface area contributed by atoms with E-state index in [-0.39, 0.29) is 6.17 Å². The van der Waals surface area contributed by atoms with Crippen LogP contribution in [0.5, 0.6) is 0 Å². The molecule has 1 aliphatic heterocycles. The highest BCUT2D eigenvalue weighted by molar-refractivity contribution is 5.85. The predicted molar refractivity (Wildman–Crippen MR) is 138 cm³/mol. The molecule has 0 amide bonds. The Morgan fingerprint density at radius 1 is 0.667 bits per heavy atom. The molecule has 166 valence electrons. The molecule has 0 bridgehead atoms. The number of fused-ring (bicyclic) bond motifs is 1. The maximum atomic E-state index is 4.76. The first-order valence-electron chi connectivity index (χ1n) is 11.5. The lowest BCUT2D eigenvalue weighted by molar-refractivity contribution is 0.752. The Kier molecular flexibility index (Phi) is 5.16. The highest BCUT2D eigenvalue weighted by Crippen LogP contribution is 2.46. The van der Waals surface area contributed by atoms with Crippen molar-refractivity contribution >= 4 is 23.0 Å². The van der Waals surface area contributed by atoms with Gasteiger partial charge in [0.25, 0.3) is 0 Å². The zero-order chi connectivity index (χ0) is 23.3. The van der Waals surface area contributed by atoms with Gasteiger partial charge < -0.3 is 9.80 Å². The van der Waals surface area contributed by atoms with Crippen LogP contribution in [0.4, 0.5) is 23.0 Å². The van der Waals surface area contributed by atoms with Crippen LogP contribution >= 0.6 is 0 Å². The number of aryl methyl sites for hydroxylation is 5. The third kappa shape index (κ3) is 3.56. The zero-order valence-corrected chi connectivity index (χ0v) is 20.2. The van der Waals surface area contributed by atoms with Crippen LogP contribution in [-0.4, -0.2) is 16.1 Å². The Morgan fingerprint density at radius 2 is 1.27 bits per heavy atom. The standard InChI is InChI=1S/C29H30N4/c1-18-14-19(2)16-25(15-18)32-23(6)33(29-28(32)30-12-13-31-29)26-11-10-24(17-22(26)5)27-20(3)8-7-9-21(27)4/h7-17,23H,1-6H3.